The zero-order valence-corrected chi connectivity index (χ0v) is 14.4. The fraction of sp³-hybridized carbons (Fsp3) is 0. The lowest BCUT2D eigenvalue weighted by molar-refractivity contribution is 1.60. The van der Waals surface area contributed by atoms with Crippen LogP contribution in [0.15, 0.2) is 97.1 Å². The van der Waals surface area contributed by atoms with Gasteiger partial charge in [0, 0.05) is 11.1 Å². The van der Waals surface area contributed by atoms with Crippen molar-refractivity contribution in [1.82, 2.24) is 0 Å². The lowest BCUT2D eigenvalue weighted by Crippen LogP contribution is -1.76. The maximum atomic E-state index is 3.13. The topological polar surface area (TPSA) is 0 Å². The summed E-state index contributed by atoms with van der Waals surface area (Å²) in [4.78, 5) is 0. The molecule has 0 aromatic heterocycles. The minimum absolute atomic E-state index is 0.980. The Morgan fingerprint density at radius 3 is 1.23 bits per heavy atom. The molecule has 26 heavy (non-hydrogen) atoms. The van der Waals surface area contributed by atoms with Gasteiger partial charge in [0.05, 0.1) is 0 Å². The highest BCUT2D eigenvalue weighted by atomic mass is 13.9. The molecule has 0 nitrogen and oxygen atoms in total. The van der Waals surface area contributed by atoms with Crippen LogP contribution in [-0.4, -0.2) is 0 Å². The molecule has 0 saturated carbocycles. The number of benzene rings is 3. The molecule has 122 valence electrons. The first-order valence-corrected chi connectivity index (χ1v) is 8.46. The highest BCUT2D eigenvalue weighted by Crippen LogP contribution is 2.04. The molecule has 0 radical (unpaired) electrons. The van der Waals surface area contributed by atoms with Gasteiger partial charge in [0.2, 0.25) is 0 Å². The van der Waals surface area contributed by atoms with E-state index in [1.165, 1.54) is 0 Å². The van der Waals surface area contributed by atoms with E-state index in [0.717, 1.165) is 22.3 Å². The molecule has 0 aliphatic heterocycles. The van der Waals surface area contributed by atoms with Crippen molar-refractivity contribution in [3.05, 3.63) is 119 Å². The van der Waals surface area contributed by atoms with E-state index in [0.29, 0.717) is 0 Å². The molecule has 0 spiro atoms. The van der Waals surface area contributed by atoms with Crippen molar-refractivity contribution >= 4 is 12.2 Å². The first kappa shape index (κ1) is 17.1. The monoisotopic (exact) mass is 330 g/mol. The average Bonchev–Trinajstić information content (AvgIpc) is 2.71. The van der Waals surface area contributed by atoms with Crippen molar-refractivity contribution in [1.29, 1.82) is 0 Å². The van der Waals surface area contributed by atoms with Crippen molar-refractivity contribution in [2.75, 3.05) is 0 Å². The van der Waals surface area contributed by atoms with Gasteiger partial charge in [0.25, 0.3) is 0 Å². The summed E-state index contributed by atoms with van der Waals surface area (Å²) in [6.45, 7) is 0. The predicted octanol–water partition coefficient (Wildman–Crippen LogP) is 5.82. The molecule has 0 heteroatoms. The van der Waals surface area contributed by atoms with Gasteiger partial charge in [-0.1, -0.05) is 84.3 Å². The maximum Gasteiger partial charge on any atom is 0.0249 e. The Hall–Kier alpha value is -3.74. The second-order valence-corrected chi connectivity index (χ2v) is 5.60. The molecule has 0 fully saturated rings. The van der Waals surface area contributed by atoms with Crippen molar-refractivity contribution < 1.29 is 0 Å². The van der Waals surface area contributed by atoms with E-state index in [-0.39, 0.29) is 0 Å². The van der Waals surface area contributed by atoms with Gasteiger partial charge in [0.15, 0.2) is 0 Å². The minimum atomic E-state index is 0.980. The van der Waals surface area contributed by atoms with Gasteiger partial charge in [-0.05, 0) is 59.7 Å². The lowest BCUT2D eigenvalue weighted by atomic mass is 10.1. The van der Waals surface area contributed by atoms with Gasteiger partial charge >= 0.3 is 0 Å². The summed E-state index contributed by atoms with van der Waals surface area (Å²) in [6.07, 6.45) is 7.76. The molecular weight excluding hydrogens is 312 g/mol. The van der Waals surface area contributed by atoms with E-state index in [1.807, 2.05) is 85.0 Å². The minimum Gasteiger partial charge on any atom is -0.0696 e. The maximum absolute atomic E-state index is 3.13. The lowest BCUT2D eigenvalue weighted by Gasteiger charge is -1.91. The van der Waals surface area contributed by atoms with Crippen LogP contribution < -0.4 is 0 Å². The summed E-state index contributed by atoms with van der Waals surface area (Å²) in [7, 11) is 0. The third-order valence-corrected chi connectivity index (χ3v) is 3.64. The van der Waals surface area contributed by atoms with Crippen molar-refractivity contribution in [2.24, 2.45) is 0 Å². The first-order chi connectivity index (χ1) is 12.9. The van der Waals surface area contributed by atoms with Crippen LogP contribution in [0.2, 0.25) is 0 Å². The van der Waals surface area contributed by atoms with Crippen molar-refractivity contribution in [3.8, 4) is 23.7 Å². The summed E-state index contributed by atoms with van der Waals surface area (Å²) in [6, 6.07) is 28.3. The van der Waals surface area contributed by atoms with Crippen molar-refractivity contribution in [3.63, 3.8) is 0 Å². The molecule has 0 unspecified atom stereocenters. The van der Waals surface area contributed by atoms with Crippen LogP contribution in [0.1, 0.15) is 22.3 Å². The van der Waals surface area contributed by atoms with Gasteiger partial charge in [-0.3, -0.25) is 0 Å². The molecule has 0 aliphatic carbocycles. The SMILES string of the molecule is C(#Cc1ccc(C#C/C=C\c2ccccc2)cc1)/C=C\c1ccccc1. The predicted molar refractivity (Wildman–Crippen MR) is 111 cm³/mol. The van der Waals surface area contributed by atoms with Gasteiger partial charge < -0.3 is 0 Å². The van der Waals surface area contributed by atoms with Crippen LogP contribution in [0, 0.1) is 23.7 Å². The molecule has 3 rings (SSSR count). The molecule has 0 saturated heterocycles. The second kappa shape index (κ2) is 9.53. The van der Waals surface area contributed by atoms with E-state index in [1.54, 1.807) is 0 Å². The van der Waals surface area contributed by atoms with E-state index in [2.05, 4.69) is 47.9 Å². The van der Waals surface area contributed by atoms with Crippen LogP contribution in [0.4, 0.5) is 0 Å². The quantitative estimate of drug-likeness (QED) is 0.520. The number of hydrogen-bond acceptors (Lipinski definition) is 0. The Balaban J connectivity index is 1.58. The smallest absolute Gasteiger partial charge is 0.0249 e. The van der Waals surface area contributed by atoms with Crippen LogP contribution in [-0.2, 0) is 0 Å². The second-order valence-electron chi connectivity index (χ2n) is 5.60. The summed E-state index contributed by atoms with van der Waals surface area (Å²) < 4.78 is 0. The summed E-state index contributed by atoms with van der Waals surface area (Å²) in [5.74, 6) is 12.4. The van der Waals surface area contributed by atoms with E-state index < -0.39 is 0 Å². The standard InChI is InChI=1S/C26H18/c1-3-11-23(12-4-1)15-7-9-17-25-19-21-26(22-20-25)18-10-8-16-24-13-5-2-6-14-24/h1-8,11-16,19-22H/b15-7-,16-8-. The summed E-state index contributed by atoms with van der Waals surface area (Å²) in [5.41, 5.74) is 4.26. The van der Waals surface area contributed by atoms with Gasteiger partial charge in [-0.25, -0.2) is 0 Å². The van der Waals surface area contributed by atoms with Crippen LogP contribution in [0.5, 0.6) is 0 Å². The van der Waals surface area contributed by atoms with Gasteiger partial charge in [-0.2, -0.15) is 0 Å². The number of rotatable bonds is 2. The molecule has 3 aromatic carbocycles. The van der Waals surface area contributed by atoms with Crippen LogP contribution >= 0.6 is 0 Å². The molecule has 0 heterocycles. The largest absolute Gasteiger partial charge is 0.0696 e. The van der Waals surface area contributed by atoms with Gasteiger partial charge in [0.1, 0.15) is 0 Å². The summed E-state index contributed by atoms with van der Waals surface area (Å²) in [5, 5.41) is 0. The first-order valence-electron chi connectivity index (χ1n) is 8.46. The molecule has 0 amide bonds. The molecule has 0 atom stereocenters. The van der Waals surface area contributed by atoms with E-state index >= 15 is 0 Å². The normalized spacial score (nSPS) is 10.2. The number of allylic oxidation sites excluding steroid dienone is 2. The highest BCUT2D eigenvalue weighted by molar-refractivity contribution is 5.55. The Labute approximate surface area is 155 Å². The van der Waals surface area contributed by atoms with Crippen LogP contribution in [0.25, 0.3) is 12.2 Å². The third-order valence-electron chi connectivity index (χ3n) is 3.64. The highest BCUT2D eigenvalue weighted by Gasteiger charge is 1.87. The third kappa shape index (κ3) is 5.72. The van der Waals surface area contributed by atoms with E-state index in [4.69, 9.17) is 0 Å². The fourth-order valence-electron chi connectivity index (χ4n) is 2.29. The Bertz CT molecular complexity index is 911. The van der Waals surface area contributed by atoms with Gasteiger partial charge in [-0.15, -0.1) is 0 Å². The van der Waals surface area contributed by atoms with Crippen LogP contribution in [0.3, 0.4) is 0 Å². The number of hydrogen-bond donors (Lipinski definition) is 0. The average molecular weight is 330 g/mol. The Morgan fingerprint density at radius 1 is 0.462 bits per heavy atom. The Kier molecular flexibility index (Phi) is 6.27. The Morgan fingerprint density at radius 2 is 0.846 bits per heavy atom. The molecular formula is C26H18. The van der Waals surface area contributed by atoms with Crippen molar-refractivity contribution in [2.45, 2.75) is 0 Å². The zero-order chi connectivity index (χ0) is 17.9. The molecule has 0 aliphatic rings. The zero-order valence-electron chi connectivity index (χ0n) is 14.4. The fourth-order valence-corrected chi connectivity index (χ4v) is 2.29. The molecule has 0 bridgehead atoms. The van der Waals surface area contributed by atoms with E-state index in [9.17, 15) is 0 Å². The summed E-state index contributed by atoms with van der Waals surface area (Å²) >= 11 is 0. The molecule has 3 aromatic rings. The molecule has 0 N–H and O–H groups in total.